The average molecular weight is 354 g/mol. The van der Waals surface area contributed by atoms with Crippen LogP contribution in [-0.4, -0.2) is 25.5 Å². The van der Waals surface area contributed by atoms with Gasteiger partial charge in [0.15, 0.2) is 0 Å². The van der Waals surface area contributed by atoms with Gasteiger partial charge in [-0.15, -0.1) is 0 Å². The number of hydrogen-bond acceptors (Lipinski definition) is 3. The third-order valence-corrected chi connectivity index (χ3v) is 4.24. The number of carbonyl (C=O) groups is 2. The molecule has 0 radical (unpaired) electrons. The molecular weight excluding hydrogens is 328 g/mol. The van der Waals surface area contributed by atoms with Crippen LogP contribution in [0.5, 0.6) is 5.75 Å². The van der Waals surface area contributed by atoms with Crippen molar-refractivity contribution in [1.82, 2.24) is 5.32 Å². The van der Waals surface area contributed by atoms with Crippen molar-refractivity contribution in [3.63, 3.8) is 0 Å². The Kier molecular flexibility index (Phi) is 6.78. The second-order valence-corrected chi connectivity index (χ2v) is 6.47. The van der Waals surface area contributed by atoms with Gasteiger partial charge in [0.25, 0.3) is 0 Å². The molecule has 2 rings (SSSR count). The van der Waals surface area contributed by atoms with Crippen LogP contribution in [0.15, 0.2) is 42.5 Å². The number of nitrogens with one attached hydrogen (secondary N) is 2. The molecule has 0 aliphatic rings. The standard InChI is InChI=1S/C21H26N2O3/c1-14(2)17-10-7-8-15(3)19(17)23-21(25)20(24)22-13-12-16-9-5-6-11-18(16)26-4/h5-11,14H,12-13H2,1-4H3,(H,22,24)(H,23,25). The minimum absolute atomic E-state index is 0.249. The molecule has 0 atom stereocenters. The zero-order chi connectivity index (χ0) is 19.1. The van der Waals surface area contributed by atoms with Crippen LogP contribution < -0.4 is 15.4 Å². The summed E-state index contributed by atoms with van der Waals surface area (Å²) in [5, 5.41) is 5.42. The highest BCUT2D eigenvalue weighted by atomic mass is 16.5. The van der Waals surface area contributed by atoms with E-state index >= 15 is 0 Å². The molecule has 0 heterocycles. The number of carbonyl (C=O) groups excluding carboxylic acids is 2. The summed E-state index contributed by atoms with van der Waals surface area (Å²) in [6.07, 6.45) is 0.588. The predicted molar refractivity (Wildman–Crippen MR) is 104 cm³/mol. The summed E-state index contributed by atoms with van der Waals surface area (Å²) >= 11 is 0. The normalized spacial score (nSPS) is 10.5. The van der Waals surface area contributed by atoms with Crippen LogP contribution in [0.3, 0.4) is 0 Å². The van der Waals surface area contributed by atoms with Crippen LogP contribution in [0.25, 0.3) is 0 Å². The smallest absolute Gasteiger partial charge is 0.313 e. The minimum Gasteiger partial charge on any atom is -0.496 e. The molecule has 0 saturated carbocycles. The molecule has 5 heteroatoms. The summed E-state index contributed by atoms with van der Waals surface area (Å²) in [4.78, 5) is 24.4. The molecule has 0 aliphatic carbocycles. The number of aryl methyl sites for hydroxylation is 1. The number of para-hydroxylation sites is 2. The maximum absolute atomic E-state index is 12.3. The molecule has 26 heavy (non-hydrogen) atoms. The second kappa shape index (κ2) is 9.04. The molecular formula is C21H26N2O3. The first-order chi connectivity index (χ1) is 12.4. The van der Waals surface area contributed by atoms with Crippen molar-refractivity contribution in [3.05, 3.63) is 59.2 Å². The lowest BCUT2D eigenvalue weighted by Crippen LogP contribution is -2.36. The Labute approximate surface area is 154 Å². The van der Waals surface area contributed by atoms with E-state index in [2.05, 4.69) is 24.5 Å². The highest BCUT2D eigenvalue weighted by Crippen LogP contribution is 2.27. The molecule has 0 fully saturated rings. The van der Waals surface area contributed by atoms with Gasteiger partial charge in [0.2, 0.25) is 0 Å². The van der Waals surface area contributed by atoms with E-state index in [0.29, 0.717) is 18.7 Å². The fraction of sp³-hybridized carbons (Fsp3) is 0.333. The van der Waals surface area contributed by atoms with Crippen LogP contribution in [0.2, 0.25) is 0 Å². The second-order valence-electron chi connectivity index (χ2n) is 6.47. The lowest BCUT2D eigenvalue weighted by Gasteiger charge is -2.16. The van der Waals surface area contributed by atoms with Crippen LogP contribution in [0.1, 0.15) is 36.5 Å². The van der Waals surface area contributed by atoms with Crippen molar-refractivity contribution < 1.29 is 14.3 Å². The zero-order valence-corrected chi connectivity index (χ0v) is 15.8. The van der Waals surface area contributed by atoms with Gasteiger partial charge in [-0.25, -0.2) is 0 Å². The van der Waals surface area contributed by atoms with E-state index in [1.54, 1.807) is 7.11 Å². The van der Waals surface area contributed by atoms with Gasteiger partial charge in [0.05, 0.1) is 7.11 Å². The van der Waals surface area contributed by atoms with Crippen molar-refractivity contribution in [2.45, 2.75) is 33.1 Å². The molecule has 138 valence electrons. The fourth-order valence-corrected chi connectivity index (χ4v) is 2.81. The van der Waals surface area contributed by atoms with Gasteiger partial charge < -0.3 is 15.4 Å². The fourth-order valence-electron chi connectivity index (χ4n) is 2.81. The maximum Gasteiger partial charge on any atom is 0.313 e. The number of ether oxygens (including phenoxy) is 1. The first kappa shape index (κ1) is 19.5. The lowest BCUT2D eigenvalue weighted by molar-refractivity contribution is -0.136. The van der Waals surface area contributed by atoms with E-state index in [9.17, 15) is 9.59 Å². The highest BCUT2D eigenvalue weighted by molar-refractivity contribution is 6.39. The molecule has 2 aromatic carbocycles. The van der Waals surface area contributed by atoms with Crippen LogP contribution >= 0.6 is 0 Å². The maximum atomic E-state index is 12.3. The van der Waals surface area contributed by atoms with Crippen LogP contribution in [0, 0.1) is 6.92 Å². The monoisotopic (exact) mass is 354 g/mol. The van der Waals surface area contributed by atoms with E-state index in [1.807, 2.05) is 49.4 Å². The molecule has 0 aromatic heterocycles. The summed E-state index contributed by atoms with van der Waals surface area (Å²) in [7, 11) is 1.61. The third-order valence-electron chi connectivity index (χ3n) is 4.24. The van der Waals surface area contributed by atoms with E-state index in [-0.39, 0.29) is 5.92 Å². The molecule has 0 aliphatic heterocycles. The van der Waals surface area contributed by atoms with Gasteiger partial charge in [-0.2, -0.15) is 0 Å². The van der Waals surface area contributed by atoms with Crippen molar-refractivity contribution in [2.75, 3.05) is 19.0 Å². The van der Waals surface area contributed by atoms with E-state index < -0.39 is 11.8 Å². The Hall–Kier alpha value is -2.82. The van der Waals surface area contributed by atoms with Gasteiger partial charge >= 0.3 is 11.8 Å². The molecule has 0 saturated heterocycles. The topological polar surface area (TPSA) is 67.4 Å². The third kappa shape index (κ3) is 4.85. The molecule has 0 spiro atoms. The summed E-state index contributed by atoms with van der Waals surface area (Å²) in [5.74, 6) is -0.273. The van der Waals surface area contributed by atoms with Gasteiger partial charge in [0.1, 0.15) is 5.75 Å². The van der Waals surface area contributed by atoms with Crippen molar-refractivity contribution >= 4 is 17.5 Å². The molecule has 0 bridgehead atoms. The van der Waals surface area contributed by atoms with Crippen molar-refractivity contribution in [1.29, 1.82) is 0 Å². The number of methoxy groups -OCH3 is 1. The first-order valence-electron chi connectivity index (χ1n) is 8.74. The summed E-state index contributed by atoms with van der Waals surface area (Å²) < 4.78 is 5.29. The Morgan fingerprint density at radius 2 is 1.77 bits per heavy atom. The lowest BCUT2D eigenvalue weighted by atomic mass is 9.98. The van der Waals surface area contributed by atoms with Gasteiger partial charge in [-0.05, 0) is 42.0 Å². The Morgan fingerprint density at radius 1 is 1.04 bits per heavy atom. The summed E-state index contributed by atoms with van der Waals surface area (Å²) in [5.41, 5.74) is 3.65. The quantitative estimate of drug-likeness (QED) is 0.781. The van der Waals surface area contributed by atoms with Crippen molar-refractivity contribution in [3.8, 4) is 5.75 Å². The van der Waals surface area contributed by atoms with Crippen LogP contribution in [-0.2, 0) is 16.0 Å². The molecule has 2 aromatic rings. The Bertz CT molecular complexity index is 785. The number of hydrogen-bond donors (Lipinski definition) is 2. The average Bonchev–Trinajstić information content (AvgIpc) is 2.63. The zero-order valence-electron chi connectivity index (χ0n) is 15.8. The molecule has 2 amide bonds. The van der Waals surface area contributed by atoms with E-state index in [1.165, 1.54) is 0 Å². The summed E-state index contributed by atoms with van der Waals surface area (Å²) in [6, 6.07) is 13.4. The largest absolute Gasteiger partial charge is 0.496 e. The number of anilines is 1. The highest BCUT2D eigenvalue weighted by Gasteiger charge is 2.17. The molecule has 2 N–H and O–H groups in total. The first-order valence-corrected chi connectivity index (χ1v) is 8.74. The number of benzene rings is 2. The van der Waals surface area contributed by atoms with Gasteiger partial charge in [-0.3, -0.25) is 9.59 Å². The minimum atomic E-state index is -0.652. The predicted octanol–water partition coefficient (Wildman–Crippen LogP) is 3.42. The Morgan fingerprint density at radius 3 is 2.46 bits per heavy atom. The summed E-state index contributed by atoms with van der Waals surface area (Å²) in [6.45, 7) is 6.38. The van der Waals surface area contributed by atoms with Gasteiger partial charge in [-0.1, -0.05) is 50.2 Å². The Balaban J connectivity index is 1.96. The van der Waals surface area contributed by atoms with E-state index in [4.69, 9.17) is 4.74 Å². The van der Waals surface area contributed by atoms with E-state index in [0.717, 1.165) is 22.4 Å². The number of amides is 2. The van der Waals surface area contributed by atoms with Gasteiger partial charge in [0, 0.05) is 12.2 Å². The number of rotatable bonds is 6. The van der Waals surface area contributed by atoms with Crippen LogP contribution in [0.4, 0.5) is 5.69 Å². The van der Waals surface area contributed by atoms with Crippen molar-refractivity contribution in [2.24, 2.45) is 0 Å². The SMILES string of the molecule is COc1ccccc1CCNC(=O)C(=O)Nc1c(C)cccc1C(C)C. The molecule has 5 nitrogen and oxygen atoms in total. The molecule has 0 unspecified atom stereocenters.